The van der Waals surface area contributed by atoms with Crippen molar-refractivity contribution in [2.45, 2.75) is 16.7 Å². The van der Waals surface area contributed by atoms with Crippen molar-refractivity contribution < 1.29 is 0 Å². The van der Waals surface area contributed by atoms with Crippen LogP contribution in [0.1, 0.15) is 5.56 Å². The molecule has 0 spiro atoms. The first-order chi connectivity index (χ1) is 9.78. The first-order valence-electron chi connectivity index (χ1n) is 6.24. The number of fused-ring (bicyclic) bond motifs is 1. The summed E-state index contributed by atoms with van der Waals surface area (Å²) >= 11 is 2.86. The van der Waals surface area contributed by atoms with Gasteiger partial charge in [0, 0.05) is 21.4 Å². The van der Waals surface area contributed by atoms with Gasteiger partial charge >= 0.3 is 0 Å². The molecule has 0 saturated carbocycles. The highest BCUT2D eigenvalue weighted by atomic mass is 32.2. The van der Waals surface area contributed by atoms with Crippen LogP contribution in [0.3, 0.4) is 0 Å². The van der Waals surface area contributed by atoms with Crippen LogP contribution < -0.4 is 9.86 Å². The summed E-state index contributed by atoms with van der Waals surface area (Å²) in [5.41, 5.74) is 3.50. The van der Waals surface area contributed by atoms with Gasteiger partial charge in [-0.05, 0) is 66.7 Å². The van der Waals surface area contributed by atoms with Gasteiger partial charge in [-0.1, -0.05) is 12.1 Å². The monoisotopic (exact) mass is 301 g/mol. The van der Waals surface area contributed by atoms with Gasteiger partial charge < -0.3 is 9.71 Å². The van der Waals surface area contributed by atoms with Gasteiger partial charge in [-0.2, -0.15) is 0 Å². The van der Waals surface area contributed by atoms with Gasteiger partial charge in [0.25, 0.3) is 0 Å². The Morgan fingerprint density at radius 2 is 1.80 bits per heavy atom. The zero-order chi connectivity index (χ0) is 13.9. The van der Waals surface area contributed by atoms with Crippen molar-refractivity contribution in [3.8, 4) is 0 Å². The topological polar surface area (TPSA) is 53.8 Å². The molecule has 0 atom stereocenters. The standard InChI is InChI=1S/C15H15N3S2/c1-10-9-17-15-13(10)3-2-4-14(15)18-20-12-7-5-11(19-16)6-8-12/h2-9,17-18H,16H2,1H3. The van der Waals surface area contributed by atoms with E-state index in [0.29, 0.717) is 0 Å². The minimum Gasteiger partial charge on any atom is -0.359 e. The number of aromatic nitrogens is 1. The third kappa shape index (κ3) is 2.65. The number of aromatic amines is 1. The van der Waals surface area contributed by atoms with Crippen LogP contribution in [0.2, 0.25) is 0 Å². The molecule has 3 rings (SSSR count). The van der Waals surface area contributed by atoms with Crippen molar-refractivity contribution in [3.05, 3.63) is 54.2 Å². The van der Waals surface area contributed by atoms with Crippen molar-refractivity contribution in [1.29, 1.82) is 0 Å². The zero-order valence-corrected chi connectivity index (χ0v) is 12.6. The summed E-state index contributed by atoms with van der Waals surface area (Å²) in [6.07, 6.45) is 2.04. The Labute approximate surface area is 126 Å². The number of nitrogens with two attached hydrogens (primary N) is 1. The molecule has 0 aliphatic heterocycles. The van der Waals surface area contributed by atoms with E-state index in [1.807, 2.05) is 18.3 Å². The Morgan fingerprint density at radius 3 is 2.55 bits per heavy atom. The summed E-state index contributed by atoms with van der Waals surface area (Å²) < 4.78 is 3.40. The number of benzene rings is 2. The van der Waals surface area contributed by atoms with Crippen molar-refractivity contribution in [2.24, 2.45) is 5.14 Å². The molecular formula is C15H15N3S2. The van der Waals surface area contributed by atoms with Gasteiger partial charge in [-0.15, -0.1) is 0 Å². The van der Waals surface area contributed by atoms with E-state index >= 15 is 0 Å². The third-order valence-electron chi connectivity index (χ3n) is 3.16. The van der Waals surface area contributed by atoms with Crippen molar-refractivity contribution in [2.75, 3.05) is 4.72 Å². The van der Waals surface area contributed by atoms with Crippen molar-refractivity contribution in [1.82, 2.24) is 4.98 Å². The fourth-order valence-electron chi connectivity index (χ4n) is 2.08. The SMILES string of the molecule is Cc1c[nH]c2c(NSc3ccc(SN)cc3)cccc12. The Hall–Kier alpha value is -1.56. The predicted octanol–water partition coefficient (Wildman–Crippen LogP) is 4.56. The van der Waals surface area contributed by atoms with Crippen LogP contribution in [0.25, 0.3) is 10.9 Å². The van der Waals surface area contributed by atoms with Gasteiger partial charge in [0.1, 0.15) is 0 Å². The first kappa shape index (κ1) is 13.4. The molecule has 2 aromatic carbocycles. The number of anilines is 1. The fourth-order valence-corrected chi connectivity index (χ4v) is 3.04. The molecule has 0 fully saturated rings. The van der Waals surface area contributed by atoms with Gasteiger partial charge in [-0.25, -0.2) is 0 Å². The Kier molecular flexibility index (Phi) is 3.91. The smallest absolute Gasteiger partial charge is 0.0701 e. The van der Waals surface area contributed by atoms with Crippen LogP contribution >= 0.6 is 23.9 Å². The van der Waals surface area contributed by atoms with Crippen LogP contribution in [0.4, 0.5) is 5.69 Å². The van der Waals surface area contributed by atoms with Crippen LogP contribution in [-0.2, 0) is 0 Å². The fraction of sp³-hybridized carbons (Fsp3) is 0.0667. The minimum atomic E-state index is 1.07. The van der Waals surface area contributed by atoms with E-state index in [2.05, 4.69) is 47.0 Å². The first-order valence-corrected chi connectivity index (χ1v) is 7.94. The van der Waals surface area contributed by atoms with Crippen LogP contribution in [0, 0.1) is 6.92 Å². The molecule has 1 aromatic heterocycles. The number of hydrogen-bond acceptors (Lipinski definition) is 4. The molecule has 20 heavy (non-hydrogen) atoms. The number of nitrogens with one attached hydrogen (secondary N) is 2. The summed E-state index contributed by atoms with van der Waals surface area (Å²) in [5, 5.41) is 6.77. The van der Waals surface area contributed by atoms with E-state index in [0.717, 1.165) is 21.0 Å². The number of aryl methyl sites for hydroxylation is 1. The van der Waals surface area contributed by atoms with Crippen molar-refractivity contribution >= 4 is 40.5 Å². The molecule has 0 saturated heterocycles. The Balaban J connectivity index is 1.79. The molecule has 102 valence electrons. The second-order valence-electron chi connectivity index (χ2n) is 4.49. The summed E-state index contributed by atoms with van der Waals surface area (Å²) in [5.74, 6) is 0. The van der Waals surface area contributed by atoms with E-state index in [4.69, 9.17) is 5.14 Å². The molecule has 0 aliphatic carbocycles. The van der Waals surface area contributed by atoms with E-state index in [9.17, 15) is 0 Å². The lowest BCUT2D eigenvalue weighted by Gasteiger charge is -2.07. The maximum Gasteiger partial charge on any atom is 0.0701 e. The number of para-hydroxylation sites is 1. The Morgan fingerprint density at radius 1 is 1.05 bits per heavy atom. The predicted molar refractivity (Wildman–Crippen MR) is 89.0 cm³/mol. The van der Waals surface area contributed by atoms with E-state index in [1.165, 1.54) is 22.9 Å². The molecule has 3 nitrogen and oxygen atoms in total. The Bertz CT molecular complexity index is 720. The number of H-pyrrole nitrogens is 1. The molecule has 0 unspecified atom stereocenters. The number of hydrogen-bond donors (Lipinski definition) is 3. The molecule has 0 bridgehead atoms. The van der Waals surface area contributed by atoms with E-state index in [-0.39, 0.29) is 0 Å². The van der Waals surface area contributed by atoms with Crippen LogP contribution in [0.5, 0.6) is 0 Å². The maximum atomic E-state index is 5.52. The molecule has 4 N–H and O–H groups in total. The summed E-state index contributed by atoms with van der Waals surface area (Å²) in [6, 6.07) is 14.4. The second kappa shape index (κ2) is 5.83. The highest BCUT2D eigenvalue weighted by Crippen LogP contribution is 2.29. The highest BCUT2D eigenvalue weighted by molar-refractivity contribution is 8.00. The summed E-state index contributed by atoms with van der Waals surface area (Å²) in [6.45, 7) is 2.11. The maximum absolute atomic E-state index is 5.52. The van der Waals surface area contributed by atoms with E-state index < -0.39 is 0 Å². The average Bonchev–Trinajstić information content (AvgIpc) is 2.88. The largest absolute Gasteiger partial charge is 0.359 e. The lowest BCUT2D eigenvalue weighted by molar-refractivity contribution is 1.35. The molecule has 3 aromatic rings. The van der Waals surface area contributed by atoms with Crippen LogP contribution in [0.15, 0.2) is 58.5 Å². The number of rotatable bonds is 4. The van der Waals surface area contributed by atoms with Gasteiger partial charge in [0.15, 0.2) is 0 Å². The molecule has 0 aliphatic rings. The molecule has 1 heterocycles. The van der Waals surface area contributed by atoms with Gasteiger partial charge in [0.05, 0.1) is 11.2 Å². The molecular weight excluding hydrogens is 286 g/mol. The molecule has 0 radical (unpaired) electrons. The lowest BCUT2D eigenvalue weighted by Crippen LogP contribution is -1.88. The quantitative estimate of drug-likeness (QED) is 0.618. The zero-order valence-electron chi connectivity index (χ0n) is 11.0. The minimum absolute atomic E-state index is 1.07. The normalized spacial score (nSPS) is 10.9. The van der Waals surface area contributed by atoms with Crippen molar-refractivity contribution in [3.63, 3.8) is 0 Å². The van der Waals surface area contributed by atoms with E-state index in [1.54, 1.807) is 11.9 Å². The second-order valence-corrected chi connectivity index (χ2v) is 6.08. The molecule has 5 heteroatoms. The summed E-state index contributed by atoms with van der Waals surface area (Å²) in [4.78, 5) is 5.54. The van der Waals surface area contributed by atoms with Crippen LogP contribution in [-0.4, -0.2) is 4.98 Å². The highest BCUT2D eigenvalue weighted by Gasteiger charge is 2.04. The average molecular weight is 301 g/mol. The van der Waals surface area contributed by atoms with Gasteiger partial charge in [-0.3, -0.25) is 5.14 Å². The van der Waals surface area contributed by atoms with Gasteiger partial charge in [0.2, 0.25) is 0 Å². The summed E-state index contributed by atoms with van der Waals surface area (Å²) in [7, 11) is 0. The molecule has 0 amide bonds. The third-order valence-corrected chi connectivity index (χ3v) is 4.54. The lowest BCUT2D eigenvalue weighted by atomic mass is 10.2.